The summed E-state index contributed by atoms with van der Waals surface area (Å²) in [5.41, 5.74) is -0.466. The highest BCUT2D eigenvalue weighted by Crippen LogP contribution is 2.38. The van der Waals surface area contributed by atoms with Crippen molar-refractivity contribution in [2.24, 2.45) is 0 Å². The van der Waals surface area contributed by atoms with Crippen LogP contribution in [0.1, 0.15) is 44.2 Å². The van der Waals surface area contributed by atoms with Gasteiger partial charge < -0.3 is 9.80 Å². The smallest absolute Gasteiger partial charge is 0.248 e. The Morgan fingerprint density at radius 1 is 1.20 bits per heavy atom. The molecule has 134 valence electrons. The minimum Gasteiger partial charge on any atom is -0.334 e. The van der Waals surface area contributed by atoms with Gasteiger partial charge in [-0.15, -0.1) is 0 Å². The Morgan fingerprint density at radius 3 is 2.52 bits per heavy atom. The van der Waals surface area contributed by atoms with Gasteiger partial charge in [0, 0.05) is 19.2 Å². The molecular formula is C19H22F2N2O2. The van der Waals surface area contributed by atoms with Crippen LogP contribution in [-0.4, -0.2) is 40.2 Å². The number of hydrogen-bond donors (Lipinski definition) is 0. The Morgan fingerprint density at radius 2 is 1.88 bits per heavy atom. The monoisotopic (exact) mass is 348 g/mol. The lowest BCUT2D eigenvalue weighted by atomic mass is 9.95. The molecule has 3 rings (SSSR count). The number of rotatable bonds is 3. The van der Waals surface area contributed by atoms with Crippen molar-refractivity contribution in [1.82, 2.24) is 9.80 Å². The van der Waals surface area contributed by atoms with Crippen molar-refractivity contribution >= 4 is 11.8 Å². The molecule has 25 heavy (non-hydrogen) atoms. The summed E-state index contributed by atoms with van der Waals surface area (Å²) in [4.78, 5) is 28.6. The summed E-state index contributed by atoms with van der Waals surface area (Å²) in [6, 6.07) is 3.02. The summed E-state index contributed by atoms with van der Waals surface area (Å²) in [5.74, 6) is -1.72. The van der Waals surface area contributed by atoms with Crippen molar-refractivity contribution < 1.29 is 18.4 Å². The Balaban J connectivity index is 1.90. The average molecular weight is 348 g/mol. The molecule has 4 nitrogen and oxygen atoms in total. The third kappa shape index (κ3) is 3.05. The highest BCUT2D eigenvalue weighted by atomic mass is 19.1. The van der Waals surface area contributed by atoms with Crippen LogP contribution >= 0.6 is 0 Å². The molecule has 2 atom stereocenters. The fourth-order valence-electron chi connectivity index (χ4n) is 4.08. The second-order valence-corrected chi connectivity index (χ2v) is 6.93. The predicted octanol–water partition coefficient (Wildman–Crippen LogP) is 3.20. The molecule has 2 amide bonds. The molecule has 0 spiro atoms. The maximum Gasteiger partial charge on any atom is 0.248 e. The molecule has 2 heterocycles. The van der Waals surface area contributed by atoms with Crippen molar-refractivity contribution in [2.45, 2.75) is 44.2 Å². The van der Waals surface area contributed by atoms with Gasteiger partial charge >= 0.3 is 0 Å². The maximum atomic E-state index is 13.6. The third-order valence-corrected chi connectivity index (χ3v) is 5.33. The molecule has 1 aromatic carbocycles. The number of halogens is 2. The fraction of sp³-hybridized carbons (Fsp3) is 0.474. The van der Waals surface area contributed by atoms with E-state index in [0.717, 1.165) is 18.9 Å². The topological polar surface area (TPSA) is 40.6 Å². The molecule has 0 bridgehead atoms. The van der Waals surface area contributed by atoms with E-state index in [1.165, 1.54) is 18.2 Å². The van der Waals surface area contributed by atoms with Gasteiger partial charge in [-0.3, -0.25) is 9.59 Å². The van der Waals surface area contributed by atoms with Gasteiger partial charge in [-0.1, -0.05) is 6.58 Å². The van der Waals surface area contributed by atoms with E-state index in [1.807, 2.05) is 0 Å². The second-order valence-electron chi connectivity index (χ2n) is 6.93. The van der Waals surface area contributed by atoms with Gasteiger partial charge in [0.05, 0.1) is 6.04 Å². The van der Waals surface area contributed by atoms with Crippen LogP contribution < -0.4 is 0 Å². The van der Waals surface area contributed by atoms with E-state index in [2.05, 4.69) is 6.58 Å². The lowest BCUT2D eigenvalue weighted by Gasteiger charge is -2.38. The molecule has 2 unspecified atom stereocenters. The van der Waals surface area contributed by atoms with Crippen LogP contribution in [0.5, 0.6) is 0 Å². The lowest BCUT2D eigenvalue weighted by molar-refractivity contribution is -0.149. The van der Waals surface area contributed by atoms with Crippen LogP contribution in [-0.2, 0) is 9.59 Å². The molecule has 6 heteroatoms. The lowest BCUT2D eigenvalue weighted by Crippen LogP contribution is -2.56. The van der Waals surface area contributed by atoms with E-state index >= 15 is 0 Å². The molecule has 0 saturated carbocycles. The Bertz CT molecular complexity index is 701. The van der Waals surface area contributed by atoms with Gasteiger partial charge in [-0.2, -0.15) is 0 Å². The van der Waals surface area contributed by atoms with Crippen LogP contribution in [0.25, 0.3) is 0 Å². The van der Waals surface area contributed by atoms with E-state index in [-0.39, 0.29) is 17.9 Å². The molecule has 0 N–H and O–H groups in total. The standard InChI is InChI=1S/C19H22F2N2O2/c1-3-17(24)23-9-5-7-19(23,2)18(25)22-8-4-6-16(22)13-10-14(20)12-15(21)11-13/h3,10-12,16H,1,4-9H2,2H3. The van der Waals surface area contributed by atoms with Gasteiger partial charge in [0.2, 0.25) is 11.8 Å². The first-order valence-corrected chi connectivity index (χ1v) is 8.58. The number of likely N-dealkylation sites (tertiary alicyclic amines) is 2. The zero-order valence-electron chi connectivity index (χ0n) is 14.3. The number of hydrogen-bond acceptors (Lipinski definition) is 2. The third-order valence-electron chi connectivity index (χ3n) is 5.33. The zero-order valence-corrected chi connectivity index (χ0v) is 14.3. The number of nitrogens with zero attached hydrogens (tertiary/aromatic N) is 2. The zero-order chi connectivity index (χ0) is 18.2. The number of benzene rings is 1. The van der Waals surface area contributed by atoms with Crippen molar-refractivity contribution in [1.29, 1.82) is 0 Å². The quantitative estimate of drug-likeness (QED) is 0.787. The minimum absolute atomic E-state index is 0.160. The minimum atomic E-state index is -0.931. The van der Waals surface area contributed by atoms with Crippen molar-refractivity contribution in [2.75, 3.05) is 13.1 Å². The van der Waals surface area contributed by atoms with Crippen molar-refractivity contribution in [3.8, 4) is 0 Å². The molecule has 2 aliphatic rings. The van der Waals surface area contributed by atoms with Gasteiger partial charge in [0.25, 0.3) is 0 Å². The van der Waals surface area contributed by atoms with Gasteiger partial charge in [-0.05, 0) is 56.4 Å². The first-order chi connectivity index (χ1) is 11.9. The fourth-order valence-corrected chi connectivity index (χ4v) is 4.08. The van der Waals surface area contributed by atoms with E-state index in [0.29, 0.717) is 31.5 Å². The Kier molecular flexibility index (Phi) is 4.62. The summed E-state index contributed by atoms with van der Waals surface area (Å²) >= 11 is 0. The largest absolute Gasteiger partial charge is 0.334 e. The molecule has 2 aliphatic heterocycles. The van der Waals surface area contributed by atoms with Crippen molar-refractivity contribution in [3.05, 3.63) is 48.1 Å². The highest BCUT2D eigenvalue weighted by Gasteiger charge is 2.49. The van der Waals surface area contributed by atoms with Crippen LogP contribution in [0.4, 0.5) is 8.78 Å². The number of carbonyl (C=O) groups excluding carboxylic acids is 2. The molecule has 0 aromatic heterocycles. The number of carbonyl (C=O) groups is 2. The first kappa shape index (κ1) is 17.6. The average Bonchev–Trinajstić information content (AvgIpc) is 3.20. The first-order valence-electron chi connectivity index (χ1n) is 8.58. The molecule has 1 aromatic rings. The summed E-state index contributed by atoms with van der Waals surface area (Å²) in [7, 11) is 0. The highest BCUT2D eigenvalue weighted by molar-refractivity contribution is 5.95. The molecule has 2 fully saturated rings. The molecular weight excluding hydrogens is 326 g/mol. The molecule has 0 radical (unpaired) electrons. The molecule has 2 saturated heterocycles. The van der Waals surface area contributed by atoms with E-state index in [9.17, 15) is 18.4 Å². The SMILES string of the molecule is C=CC(=O)N1CCCC1(C)C(=O)N1CCCC1c1cc(F)cc(F)c1. The Labute approximate surface area is 146 Å². The summed E-state index contributed by atoms with van der Waals surface area (Å²) in [5, 5.41) is 0. The van der Waals surface area contributed by atoms with Crippen LogP contribution in [0, 0.1) is 11.6 Å². The van der Waals surface area contributed by atoms with Crippen LogP contribution in [0.3, 0.4) is 0 Å². The van der Waals surface area contributed by atoms with E-state index in [1.54, 1.807) is 16.7 Å². The van der Waals surface area contributed by atoms with Crippen molar-refractivity contribution in [3.63, 3.8) is 0 Å². The van der Waals surface area contributed by atoms with E-state index < -0.39 is 17.2 Å². The van der Waals surface area contributed by atoms with Gasteiger partial charge in [-0.25, -0.2) is 8.78 Å². The summed E-state index contributed by atoms with van der Waals surface area (Å²) in [6.07, 6.45) is 3.96. The summed E-state index contributed by atoms with van der Waals surface area (Å²) in [6.45, 7) is 6.31. The second kappa shape index (κ2) is 6.58. The predicted molar refractivity (Wildman–Crippen MR) is 89.6 cm³/mol. The normalized spacial score (nSPS) is 26.1. The van der Waals surface area contributed by atoms with Gasteiger partial charge in [0.1, 0.15) is 17.2 Å². The van der Waals surface area contributed by atoms with Crippen LogP contribution in [0.15, 0.2) is 30.9 Å². The Hall–Kier alpha value is -2.24. The van der Waals surface area contributed by atoms with E-state index in [4.69, 9.17) is 0 Å². The summed E-state index contributed by atoms with van der Waals surface area (Å²) < 4.78 is 27.2. The maximum absolute atomic E-state index is 13.6. The molecule has 0 aliphatic carbocycles. The van der Waals surface area contributed by atoms with Gasteiger partial charge in [0.15, 0.2) is 0 Å². The van der Waals surface area contributed by atoms with Crippen LogP contribution in [0.2, 0.25) is 0 Å². The number of amides is 2.